The zero-order chi connectivity index (χ0) is 35.3. The quantitative estimate of drug-likeness (QED) is 0.172. The first-order valence-electron chi connectivity index (χ1n) is 18.3. The summed E-state index contributed by atoms with van der Waals surface area (Å²) in [4.78, 5) is 11.1. The molecule has 0 spiro atoms. The second-order valence-electron chi connectivity index (χ2n) is 14.6. The topological polar surface area (TPSA) is 35.6 Å². The molecular formula is C48H34N4Si. The Morgan fingerprint density at radius 3 is 1.72 bits per heavy atom. The third kappa shape index (κ3) is 4.23. The molecule has 7 aromatic carbocycles. The Labute approximate surface area is 308 Å². The fraction of sp³-hybridized carbons (Fsp3) is 0.0417. The van der Waals surface area contributed by atoms with Crippen molar-refractivity contribution in [2.75, 3.05) is 0 Å². The summed E-state index contributed by atoms with van der Waals surface area (Å²) in [6, 6.07) is 61.2. The minimum atomic E-state index is -2.14. The molecule has 4 heterocycles. The van der Waals surface area contributed by atoms with Crippen molar-refractivity contribution in [2.45, 2.75) is 13.1 Å². The second kappa shape index (κ2) is 11.2. The Morgan fingerprint density at radius 2 is 1.00 bits per heavy atom. The van der Waals surface area contributed by atoms with Crippen LogP contribution in [0.3, 0.4) is 0 Å². The average molecular weight is 695 g/mol. The fourth-order valence-electron chi connectivity index (χ4n) is 8.92. The van der Waals surface area contributed by atoms with Crippen LogP contribution in [0, 0.1) is 0 Å². The molecule has 0 bridgehead atoms. The molecule has 0 amide bonds. The van der Waals surface area contributed by atoms with Gasteiger partial charge in [0.25, 0.3) is 0 Å². The maximum Gasteiger partial charge on any atom is 0.161 e. The lowest BCUT2D eigenvalue weighted by atomic mass is 10.0. The number of aromatic nitrogens is 4. The number of hydrogen-bond acceptors (Lipinski definition) is 2. The number of nitrogens with zero attached hydrogens (tertiary/aromatic N) is 4. The largest absolute Gasteiger partial charge is 0.307 e. The Balaban J connectivity index is 1.27. The summed E-state index contributed by atoms with van der Waals surface area (Å²) < 4.78 is 4.91. The molecule has 0 fully saturated rings. The highest BCUT2D eigenvalue weighted by Gasteiger charge is 2.41. The molecule has 4 nitrogen and oxygen atoms in total. The average Bonchev–Trinajstić information content (AvgIpc) is 3.82. The van der Waals surface area contributed by atoms with Crippen LogP contribution in [0.5, 0.6) is 0 Å². The maximum atomic E-state index is 5.60. The standard InChI is InChI=1S/C48H34N4Si/c1-53(2)42-28-16-12-24-38(42)43-44(31-17-5-3-6-18-31)49-47(50-48(43)53)37-23-11-15-27-41(37)52-40-26-14-10-22-34(40)36-30-29-35-33-21-9-13-25-39(33)51(45(35)46(36)52)32-19-7-4-8-20-32/h3-30H,1-2H3. The van der Waals surface area contributed by atoms with Gasteiger partial charge >= 0.3 is 0 Å². The summed E-state index contributed by atoms with van der Waals surface area (Å²) >= 11 is 0. The summed E-state index contributed by atoms with van der Waals surface area (Å²) in [5, 5.41) is 7.51. The number of rotatable bonds is 4. The van der Waals surface area contributed by atoms with Crippen molar-refractivity contribution in [1.29, 1.82) is 0 Å². The Morgan fingerprint density at radius 1 is 0.453 bits per heavy atom. The monoisotopic (exact) mass is 694 g/mol. The third-order valence-corrected chi connectivity index (χ3v) is 14.6. The smallest absolute Gasteiger partial charge is 0.161 e. The van der Waals surface area contributed by atoms with Crippen molar-refractivity contribution < 1.29 is 0 Å². The van der Waals surface area contributed by atoms with Gasteiger partial charge in [-0.05, 0) is 47.1 Å². The van der Waals surface area contributed by atoms with Crippen molar-refractivity contribution in [3.63, 3.8) is 0 Å². The van der Waals surface area contributed by atoms with E-state index in [1.165, 1.54) is 59.7 Å². The van der Waals surface area contributed by atoms with E-state index in [-0.39, 0.29) is 0 Å². The molecule has 1 aliphatic heterocycles. The van der Waals surface area contributed by atoms with Gasteiger partial charge in [-0.2, -0.15) is 0 Å². The SMILES string of the molecule is C[Si]1(C)c2ccccc2-c2c(-c3ccccc3)nc(-c3ccccc3-n3c4ccccc4c4ccc5c6ccccc6n(-c6ccccc6)c5c43)nc21. The summed E-state index contributed by atoms with van der Waals surface area (Å²) in [5.41, 5.74) is 12.5. The van der Waals surface area contributed by atoms with Gasteiger partial charge in [-0.1, -0.05) is 147 Å². The molecule has 0 atom stereocenters. The lowest BCUT2D eigenvalue weighted by Gasteiger charge is -2.20. The van der Waals surface area contributed by atoms with Crippen LogP contribution in [0.25, 0.3) is 88.8 Å². The molecule has 10 aromatic rings. The molecule has 1 aliphatic rings. The molecular weight excluding hydrogens is 661 g/mol. The van der Waals surface area contributed by atoms with Gasteiger partial charge in [-0.25, -0.2) is 9.97 Å². The Kier molecular flexibility index (Phi) is 6.37. The summed E-state index contributed by atoms with van der Waals surface area (Å²) in [6.45, 7) is 4.86. The van der Waals surface area contributed by atoms with E-state index in [1.807, 2.05) is 0 Å². The first-order chi connectivity index (χ1) is 26.1. The molecule has 0 radical (unpaired) electrons. The van der Waals surface area contributed by atoms with Crippen molar-refractivity contribution in [2.24, 2.45) is 0 Å². The number of hydrogen-bond donors (Lipinski definition) is 0. The van der Waals surface area contributed by atoms with E-state index in [2.05, 4.69) is 192 Å². The van der Waals surface area contributed by atoms with Gasteiger partial charge < -0.3 is 9.13 Å². The fourth-order valence-corrected chi connectivity index (χ4v) is 11.8. The van der Waals surface area contributed by atoms with Gasteiger partial charge in [-0.15, -0.1) is 0 Å². The van der Waals surface area contributed by atoms with E-state index in [0.29, 0.717) is 0 Å². The first kappa shape index (κ1) is 30.1. The highest BCUT2D eigenvalue weighted by Crippen LogP contribution is 2.43. The van der Waals surface area contributed by atoms with Gasteiger partial charge in [-0.3, -0.25) is 0 Å². The van der Waals surface area contributed by atoms with Gasteiger partial charge in [0.05, 0.1) is 33.4 Å². The van der Waals surface area contributed by atoms with Crippen LogP contribution >= 0.6 is 0 Å². The van der Waals surface area contributed by atoms with Gasteiger partial charge in [0.2, 0.25) is 0 Å². The van der Waals surface area contributed by atoms with Gasteiger partial charge in [0.1, 0.15) is 8.07 Å². The molecule has 0 unspecified atom stereocenters. The van der Waals surface area contributed by atoms with Gasteiger partial charge in [0, 0.05) is 49.2 Å². The summed E-state index contributed by atoms with van der Waals surface area (Å²) in [5.74, 6) is 0.758. The molecule has 53 heavy (non-hydrogen) atoms. The second-order valence-corrected chi connectivity index (χ2v) is 18.8. The highest BCUT2D eigenvalue weighted by molar-refractivity contribution is 7.03. The minimum Gasteiger partial charge on any atom is -0.307 e. The lowest BCUT2D eigenvalue weighted by Crippen LogP contribution is -2.50. The minimum absolute atomic E-state index is 0.758. The normalized spacial score (nSPS) is 13.2. The van der Waals surface area contributed by atoms with Crippen molar-refractivity contribution in [3.8, 4) is 45.1 Å². The molecule has 5 heteroatoms. The molecule has 0 N–H and O–H groups in total. The Hall–Kier alpha value is -6.56. The van der Waals surface area contributed by atoms with Crippen LogP contribution in [0.2, 0.25) is 13.1 Å². The predicted octanol–water partition coefficient (Wildman–Crippen LogP) is 10.8. The molecule has 0 aliphatic carbocycles. The van der Waals surface area contributed by atoms with Crippen LogP contribution in [-0.2, 0) is 0 Å². The lowest BCUT2D eigenvalue weighted by molar-refractivity contribution is 1.13. The van der Waals surface area contributed by atoms with Gasteiger partial charge in [0.15, 0.2) is 5.82 Å². The van der Waals surface area contributed by atoms with Crippen molar-refractivity contribution in [3.05, 3.63) is 170 Å². The molecule has 11 rings (SSSR count). The highest BCUT2D eigenvalue weighted by atomic mass is 28.3. The van der Waals surface area contributed by atoms with E-state index in [4.69, 9.17) is 9.97 Å². The summed E-state index contributed by atoms with van der Waals surface area (Å²) in [6.07, 6.45) is 0. The van der Waals surface area contributed by atoms with E-state index in [9.17, 15) is 0 Å². The number of fused-ring (bicyclic) bond motifs is 10. The molecule has 0 saturated carbocycles. The predicted molar refractivity (Wildman–Crippen MR) is 224 cm³/mol. The van der Waals surface area contributed by atoms with Crippen molar-refractivity contribution >= 4 is 62.2 Å². The molecule has 250 valence electrons. The maximum absolute atomic E-state index is 5.60. The van der Waals surface area contributed by atoms with E-state index in [1.54, 1.807) is 0 Å². The first-order valence-corrected chi connectivity index (χ1v) is 21.3. The van der Waals surface area contributed by atoms with Crippen LogP contribution < -0.4 is 10.5 Å². The third-order valence-electron chi connectivity index (χ3n) is 11.3. The molecule has 0 saturated heterocycles. The Bertz CT molecular complexity index is 3080. The zero-order valence-electron chi connectivity index (χ0n) is 29.5. The number of benzene rings is 7. The van der Waals surface area contributed by atoms with Crippen LogP contribution in [0.15, 0.2) is 170 Å². The number of para-hydroxylation sites is 4. The van der Waals surface area contributed by atoms with Crippen LogP contribution in [0.4, 0.5) is 0 Å². The summed E-state index contributed by atoms with van der Waals surface area (Å²) in [7, 11) is -2.14. The zero-order valence-corrected chi connectivity index (χ0v) is 30.5. The molecule has 3 aromatic heterocycles. The van der Waals surface area contributed by atoms with Crippen LogP contribution in [-0.4, -0.2) is 27.2 Å². The van der Waals surface area contributed by atoms with E-state index < -0.39 is 8.07 Å². The van der Waals surface area contributed by atoms with Crippen molar-refractivity contribution in [1.82, 2.24) is 19.1 Å². The van der Waals surface area contributed by atoms with E-state index >= 15 is 0 Å². The van der Waals surface area contributed by atoms with Crippen LogP contribution in [0.1, 0.15) is 0 Å². The van der Waals surface area contributed by atoms with E-state index in [0.717, 1.165) is 39.5 Å².